The van der Waals surface area contributed by atoms with Gasteiger partial charge in [0.2, 0.25) is 0 Å². The summed E-state index contributed by atoms with van der Waals surface area (Å²) in [6.45, 7) is 0. The first-order valence-corrected chi connectivity index (χ1v) is 7.15. The highest BCUT2D eigenvalue weighted by molar-refractivity contribution is 6.29. The molecule has 1 amide bonds. The zero-order chi connectivity index (χ0) is 16.9. The van der Waals surface area contributed by atoms with Crippen LogP contribution in [0.3, 0.4) is 0 Å². The summed E-state index contributed by atoms with van der Waals surface area (Å²) in [5.74, 6) is -0.549. The lowest BCUT2D eigenvalue weighted by Crippen LogP contribution is -2.13. The van der Waals surface area contributed by atoms with Crippen molar-refractivity contribution in [3.63, 3.8) is 0 Å². The number of benzene rings is 1. The van der Waals surface area contributed by atoms with Gasteiger partial charge in [0.1, 0.15) is 28.7 Å². The summed E-state index contributed by atoms with van der Waals surface area (Å²) < 4.78 is 19.2. The second-order valence-electron chi connectivity index (χ2n) is 4.65. The van der Waals surface area contributed by atoms with Gasteiger partial charge in [0.05, 0.1) is 12.4 Å². The lowest BCUT2D eigenvalue weighted by atomic mass is 10.2. The van der Waals surface area contributed by atoms with Crippen molar-refractivity contribution in [1.29, 1.82) is 0 Å². The zero-order valence-corrected chi connectivity index (χ0v) is 12.9. The first-order chi connectivity index (χ1) is 11.6. The number of halogens is 2. The van der Waals surface area contributed by atoms with Gasteiger partial charge < -0.3 is 10.1 Å². The van der Waals surface area contributed by atoms with Crippen LogP contribution in [0.15, 0.2) is 55.1 Å². The predicted molar refractivity (Wildman–Crippen MR) is 85.7 cm³/mol. The average molecular weight is 345 g/mol. The maximum absolute atomic E-state index is 13.7. The number of nitrogens with zero attached hydrogens (tertiary/aromatic N) is 3. The number of hydrogen-bond acceptors (Lipinski definition) is 5. The van der Waals surface area contributed by atoms with E-state index in [1.54, 1.807) is 12.1 Å². The van der Waals surface area contributed by atoms with Gasteiger partial charge in [0.25, 0.3) is 5.91 Å². The molecule has 120 valence electrons. The number of amides is 1. The Kier molecular flexibility index (Phi) is 4.62. The fraction of sp³-hybridized carbons (Fsp3) is 0. The number of carbonyl (C=O) groups excluding carboxylic acids is 1. The standard InChI is InChI=1S/C16H10ClFN4O2/c17-15-3-1-2-14(22-15)16(23)21-11-4-10(18)5-12(6-11)24-13-7-19-9-20-8-13/h1-9H,(H,21,23). The molecule has 3 rings (SSSR count). The maximum Gasteiger partial charge on any atom is 0.274 e. The Balaban J connectivity index is 1.80. The van der Waals surface area contributed by atoms with E-state index >= 15 is 0 Å². The molecule has 1 N–H and O–H groups in total. The Morgan fingerprint density at radius 1 is 1.12 bits per heavy atom. The van der Waals surface area contributed by atoms with Crippen molar-refractivity contribution in [2.45, 2.75) is 0 Å². The van der Waals surface area contributed by atoms with E-state index in [1.807, 2.05) is 0 Å². The van der Waals surface area contributed by atoms with Gasteiger partial charge in [-0.3, -0.25) is 4.79 Å². The fourth-order valence-corrected chi connectivity index (χ4v) is 2.06. The first-order valence-electron chi connectivity index (χ1n) is 6.77. The largest absolute Gasteiger partial charge is 0.454 e. The van der Waals surface area contributed by atoms with Crippen molar-refractivity contribution in [2.75, 3.05) is 5.32 Å². The number of aromatic nitrogens is 3. The van der Waals surface area contributed by atoms with Gasteiger partial charge in [-0.25, -0.2) is 19.3 Å². The van der Waals surface area contributed by atoms with Crippen LogP contribution in [-0.2, 0) is 0 Å². The Hall–Kier alpha value is -3.06. The Labute approximate surface area is 141 Å². The third-order valence-corrected chi connectivity index (χ3v) is 3.06. The monoisotopic (exact) mass is 344 g/mol. The highest BCUT2D eigenvalue weighted by Gasteiger charge is 2.10. The molecule has 24 heavy (non-hydrogen) atoms. The molecule has 0 spiro atoms. The second-order valence-corrected chi connectivity index (χ2v) is 5.04. The zero-order valence-electron chi connectivity index (χ0n) is 12.1. The minimum atomic E-state index is -0.571. The maximum atomic E-state index is 13.7. The summed E-state index contributed by atoms with van der Waals surface area (Å²) in [7, 11) is 0. The molecule has 0 fully saturated rings. The van der Waals surface area contributed by atoms with Crippen molar-refractivity contribution < 1.29 is 13.9 Å². The Bertz CT molecular complexity index is 877. The molecule has 0 aliphatic carbocycles. The average Bonchev–Trinajstić information content (AvgIpc) is 2.55. The number of anilines is 1. The van der Waals surface area contributed by atoms with Crippen LogP contribution in [0.25, 0.3) is 0 Å². The molecule has 8 heteroatoms. The molecule has 2 aromatic heterocycles. The number of rotatable bonds is 4. The Morgan fingerprint density at radius 2 is 1.92 bits per heavy atom. The van der Waals surface area contributed by atoms with E-state index in [9.17, 15) is 9.18 Å². The van der Waals surface area contributed by atoms with Crippen LogP contribution in [0.1, 0.15) is 10.5 Å². The van der Waals surface area contributed by atoms with Crippen molar-refractivity contribution in [1.82, 2.24) is 15.0 Å². The molecule has 0 saturated carbocycles. The molecule has 0 aliphatic heterocycles. The van der Waals surface area contributed by atoms with Crippen LogP contribution in [0.2, 0.25) is 5.15 Å². The van der Waals surface area contributed by atoms with Crippen LogP contribution >= 0.6 is 11.6 Å². The van der Waals surface area contributed by atoms with E-state index in [0.717, 1.165) is 6.07 Å². The quantitative estimate of drug-likeness (QED) is 0.730. The summed E-state index contributed by atoms with van der Waals surface area (Å²) in [6.07, 6.45) is 4.22. The number of pyridine rings is 1. The number of carbonyl (C=O) groups is 1. The van der Waals surface area contributed by atoms with Crippen molar-refractivity contribution in [3.05, 3.63) is 71.8 Å². The minimum Gasteiger partial charge on any atom is -0.454 e. The van der Waals surface area contributed by atoms with Gasteiger partial charge in [-0.15, -0.1) is 0 Å². The van der Waals surface area contributed by atoms with E-state index in [2.05, 4.69) is 20.3 Å². The third kappa shape index (κ3) is 4.02. The van der Waals surface area contributed by atoms with E-state index in [0.29, 0.717) is 5.75 Å². The van der Waals surface area contributed by atoms with Crippen LogP contribution in [0.5, 0.6) is 11.5 Å². The highest BCUT2D eigenvalue weighted by Crippen LogP contribution is 2.25. The van der Waals surface area contributed by atoms with Gasteiger partial charge >= 0.3 is 0 Å². The molecule has 0 bridgehead atoms. The Morgan fingerprint density at radius 3 is 2.67 bits per heavy atom. The molecule has 1 aromatic carbocycles. The minimum absolute atomic E-state index is 0.116. The van der Waals surface area contributed by atoms with Gasteiger partial charge in [0, 0.05) is 17.8 Å². The highest BCUT2D eigenvalue weighted by atomic mass is 35.5. The molecule has 0 radical (unpaired) electrons. The van der Waals surface area contributed by atoms with Gasteiger partial charge in [-0.1, -0.05) is 17.7 Å². The number of nitrogens with one attached hydrogen (secondary N) is 1. The van der Waals surface area contributed by atoms with Crippen LogP contribution in [0.4, 0.5) is 10.1 Å². The summed E-state index contributed by atoms with van der Waals surface area (Å²) in [5, 5.41) is 2.73. The van der Waals surface area contributed by atoms with Crippen LogP contribution < -0.4 is 10.1 Å². The molecular formula is C16H10ClFN4O2. The van der Waals surface area contributed by atoms with Gasteiger partial charge in [-0.05, 0) is 18.2 Å². The van der Waals surface area contributed by atoms with E-state index in [-0.39, 0.29) is 22.3 Å². The molecule has 0 atom stereocenters. The predicted octanol–water partition coefficient (Wildman–Crippen LogP) is 3.71. The SMILES string of the molecule is O=C(Nc1cc(F)cc(Oc2cncnc2)c1)c1cccc(Cl)n1. The van der Waals surface area contributed by atoms with Crippen molar-refractivity contribution in [2.24, 2.45) is 0 Å². The third-order valence-electron chi connectivity index (χ3n) is 2.85. The molecule has 0 aliphatic rings. The van der Waals surface area contributed by atoms with Gasteiger partial charge in [-0.2, -0.15) is 0 Å². The summed E-state index contributed by atoms with van der Waals surface area (Å²) in [4.78, 5) is 23.6. The molecule has 0 saturated heterocycles. The summed E-state index contributed by atoms with van der Waals surface area (Å²) >= 11 is 5.75. The van der Waals surface area contributed by atoms with E-state index in [1.165, 1.54) is 36.9 Å². The van der Waals surface area contributed by atoms with Gasteiger partial charge in [0.15, 0.2) is 5.75 Å². The van der Waals surface area contributed by atoms with Crippen molar-refractivity contribution >= 4 is 23.2 Å². The lowest BCUT2D eigenvalue weighted by Gasteiger charge is -2.09. The topological polar surface area (TPSA) is 77.0 Å². The van der Waals surface area contributed by atoms with E-state index in [4.69, 9.17) is 16.3 Å². The second kappa shape index (κ2) is 7.01. The molecular weight excluding hydrogens is 335 g/mol. The molecule has 3 aromatic rings. The molecule has 0 unspecified atom stereocenters. The van der Waals surface area contributed by atoms with Crippen LogP contribution in [0, 0.1) is 5.82 Å². The normalized spacial score (nSPS) is 10.2. The summed E-state index contributed by atoms with van der Waals surface area (Å²) in [6, 6.07) is 8.46. The van der Waals surface area contributed by atoms with Crippen molar-refractivity contribution in [3.8, 4) is 11.5 Å². The first kappa shape index (κ1) is 15.8. The molecule has 6 nitrogen and oxygen atoms in total. The fourth-order valence-electron chi connectivity index (χ4n) is 1.90. The smallest absolute Gasteiger partial charge is 0.274 e. The lowest BCUT2D eigenvalue weighted by molar-refractivity contribution is 0.102. The molecule has 2 heterocycles. The number of ether oxygens (including phenoxy) is 1. The summed E-state index contributed by atoms with van der Waals surface area (Å²) in [5.41, 5.74) is 0.333. The van der Waals surface area contributed by atoms with Crippen LogP contribution in [-0.4, -0.2) is 20.9 Å². The van der Waals surface area contributed by atoms with E-state index < -0.39 is 11.7 Å². The number of hydrogen-bond donors (Lipinski definition) is 1.